The summed E-state index contributed by atoms with van der Waals surface area (Å²) in [7, 11) is 0. The smallest absolute Gasteiger partial charge is 0.243 e. The normalized spacial score (nSPS) is 15.8. The minimum atomic E-state index is -1.03. The van der Waals surface area contributed by atoms with E-state index in [2.05, 4.69) is 10.6 Å². The number of carbonyl (C=O) groups is 3. The van der Waals surface area contributed by atoms with Gasteiger partial charge < -0.3 is 26.3 Å². The van der Waals surface area contributed by atoms with Gasteiger partial charge in [0.1, 0.15) is 18.4 Å². The number of carbonyl (C=O) groups excluding carboxylic acids is 3. The number of rotatable bonds is 8. The molecule has 0 fully saturated rings. The molecule has 2 amide bonds. The van der Waals surface area contributed by atoms with E-state index in [1.54, 1.807) is 0 Å². The van der Waals surface area contributed by atoms with Gasteiger partial charge in [0.25, 0.3) is 0 Å². The maximum atomic E-state index is 12.3. The van der Waals surface area contributed by atoms with Crippen molar-refractivity contribution >= 4 is 18.1 Å². The third-order valence-corrected chi connectivity index (χ3v) is 3.30. The summed E-state index contributed by atoms with van der Waals surface area (Å²) in [5, 5.41) is 14.4. The van der Waals surface area contributed by atoms with Gasteiger partial charge in [-0.1, -0.05) is 30.3 Å². The van der Waals surface area contributed by atoms with Crippen LogP contribution in [0.4, 0.5) is 0 Å². The van der Waals surface area contributed by atoms with Crippen LogP contribution in [0.1, 0.15) is 19.4 Å². The number of hydrogen-bond donors (Lipinski definition) is 4. The molecule has 5 N–H and O–H groups in total. The fourth-order valence-electron chi connectivity index (χ4n) is 1.90. The van der Waals surface area contributed by atoms with E-state index < -0.39 is 36.0 Å². The molecule has 126 valence electrons. The van der Waals surface area contributed by atoms with E-state index in [4.69, 9.17) is 5.73 Å². The van der Waals surface area contributed by atoms with Crippen LogP contribution in [0.25, 0.3) is 0 Å². The fraction of sp³-hybridized carbons (Fsp3) is 0.438. The average Bonchev–Trinajstić information content (AvgIpc) is 2.52. The molecule has 0 heterocycles. The Hall–Kier alpha value is -2.25. The van der Waals surface area contributed by atoms with Gasteiger partial charge in [0.2, 0.25) is 11.8 Å². The summed E-state index contributed by atoms with van der Waals surface area (Å²) in [5.74, 6) is -1.03. The first-order valence-corrected chi connectivity index (χ1v) is 7.38. The summed E-state index contributed by atoms with van der Waals surface area (Å²) in [6.45, 7) is 2.91. The number of benzene rings is 1. The minimum absolute atomic E-state index is 0.247. The number of hydrogen-bond acceptors (Lipinski definition) is 5. The fourth-order valence-corrected chi connectivity index (χ4v) is 1.90. The summed E-state index contributed by atoms with van der Waals surface area (Å²) < 4.78 is 0. The van der Waals surface area contributed by atoms with E-state index >= 15 is 0 Å². The van der Waals surface area contributed by atoms with Crippen LogP contribution < -0.4 is 16.4 Å². The van der Waals surface area contributed by atoms with E-state index in [9.17, 15) is 19.5 Å². The molecule has 7 heteroatoms. The number of amides is 2. The van der Waals surface area contributed by atoms with Crippen molar-refractivity contribution in [2.24, 2.45) is 5.73 Å². The van der Waals surface area contributed by atoms with Crippen molar-refractivity contribution in [3.63, 3.8) is 0 Å². The predicted molar refractivity (Wildman–Crippen MR) is 85.4 cm³/mol. The van der Waals surface area contributed by atoms with Crippen molar-refractivity contribution in [1.82, 2.24) is 10.6 Å². The molecule has 0 spiro atoms. The standard InChI is InChI=1S/C16H23N3O4/c1-10(17)15(22)18-13(8-12-6-4-3-5-7-12)16(23)19-14(9-20)11(2)21/h3-7,9-11,13-14,21H,8,17H2,1-2H3,(H,18,22)(H,19,23)/t10-,11+,13-,14+/m0/s1. The SMILES string of the molecule is C[C@H](N)C(=O)N[C@@H](Cc1ccccc1)C(=O)N[C@H](C=O)[C@@H](C)O. The highest BCUT2D eigenvalue weighted by Gasteiger charge is 2.26. The lowest BCUT2D eigenvalue weighted by Crippen LogP contribution is -2.55. The second kappa shape index (κ2) is 9.02. The van der Waals surface area contributed by atoms with E-state index in [0.717, 1.165) is 5.56 Å². The molecule has 0 aliphatic rings. The molecule has 0 radical (unpaired) electrons. The van der Waals surface area contributed by atoms with Crippen LogP contribution in [0.3, 0.4) is 0 Å². The molecular weight excluding hydrogens is 298 g/mol. The van der Waals surface area contributed by atoms with Gasteiger partial charge in [0.15, 0.2) is 0 Å². The van der Waals surface area contributed by atoms with Crippen LogP contribution in [0.2, 0.25) is 0 Å². The zero-order valence-corrected chi connectivity index (χ0v) is 13.2. The summed E-state index contributed by atoms with van der Waals surface area (Å²) >= 11 is 0. The largest absolute Gasteiger partial charge is 0.391 e. The van der Waals surface area contributed by atoms with Crippen LogP contribution in [0.5, 0.6) is 0 Å². The Balaban J connectivity index is 2.87. The van der Waals surface area contributed by atoms with Crippen molar-refractivity contribution in [1.29, 1.82) is 0 Å². The second-order valence-corrected chi connectivity index (χ2v) is 5.45. The third-order valence-electron chi connectivity index (χ3n) is 3.30. The number of aliphatic hydroxyl groups is 1. The minimum Gasteiger partial charge on any atom is -0.391 e. The highest BCUT2D eigenvalue weighted by atomic mass is 16.3. The highest BCUT2D eigenvalue weighted by Crippen LogP contribution is 2.04. The molecule has 0 aliphatic carbocycles. The lowest BCUT2D eigenvalue weighted by Gasteiger charge is -2.23. The van der Waals surface area contributed by atoms with Crippen molar-refractivity contribution in [2.45, 2.75) is 44.5 Å². The Morgan fingerprint density at radius 2 is 1.78 bits per heavy atom. The zero-order chi connectivity index (χ0) is 17.4. The van der Waals surface area contributed by atoms with Crippen LogP contribution in [-0.4, -0.2) is 47.4 Å². The molecule has 4 atom stereocenters. The Morgan fingerprint density at radius 1 is 1.17 bits per heavy atom. The number of nitrogens with one attached hydrogen (secondary N) is 2. The highest BCUT2D eigenvalue weighted by molar-refractivity contribution is 5.90. The van der Waals surface area contributed by atoms with Crippen LogP contribution in [-0.2, 0) is 20.8 Å². The van der Waals surface area contributed by atoms with Crippen molar-refractivity contribution in [2.75, 3.05) is 0 Å². The molecule has 0 aromatic heterocycles. The molecule has 0 aliphatic heterocycles. The predicted octanol–water partition coefficient (Wildman–Crippen LogP) is -0.874. The van der Waals surface area contributed by atoms with Crippen LogP contribution in [0, 0.1) is 0 Å². The molecular formula is C16H23N3O4. The average molecular weight is 321 g/mol. The maximum absolute atomic E-state index is 12.3. The molecule has 0 unspecified atom stereocenters. The molecule has 1 aromatic carbocycles. The van der Waals surface area contributed by atoms with Crippen molar-refractivity contribution in [3.05, 3.63) is 35.9 Å². The van der Waals surface area contributed by atoms with Gasteiger partial charge in [-0.3, -0.25) is 9.59 Å². The lowest BCUT2D eigenvalue weighted by atomic mass is 10.0. The molecule has 7 nitrogen and oxygen atoms in total. The van der Waals surface area contributed by atoms with E-state index in [-0.39, 0.29) is 6.42 Å². The Bertz CT molecular complexity index is 531. The zero-order valence-electron chi connectivity index (χ0n) is 13.2. The summed E-state index contributed by atoms with van der Waals surface area (Å²) in [6.07, 6.45) is -0.329. The topological polar surface area (TPSA) is 122 Å². The van der Waals surface area contributed by atoms with Crippen molar-refractivity contribution in [3.8, 4) is 0 Å². The Labute approximate surface area is 135 Å². The second-order valence-electron chi connectivity index (χ2n) is 5.45. The quantitative estimate of drug-likeness (QED) is 0.464. The first-order chi connectivity index (χ1) is 10.8. The van der Waals surface area contributed by atoms with Crippen LogP contribution >= 0.6 is 0 Å². The number of aldehydes is 1. The Morgan fingerprint density at radius 3 is 2.26 bits per heavy atom. The monoisotopic (exact) mass is 321 g/mol. The molecule has 0 bridgehead atoms. The van der Waals surface area contributed by atoms with E-state index in [0.29, 0.717) is 6.29 Å². The lowest BCUT2D eigenvalue weighted by molar-refractivity contribution is -0.131. The summed E-state index contributed by atoms with van der Waals surface area (Å²) in [4.78, 5) is 35.1. The molecule has 1 rings (SSSR count). The van der Waals surface area contributed by atoms with Gasteiger partial charge in [-0.25, -0.2) is 0 Å². The van der Waals surface area contributed by atoms with Gasteiger partial charge in [-0.2, -0.15) is 0 Å². The van der Waals surface area contributed by atoms with Gasteiger partial charge in [-0.05, 0) is 19.4 Å². The van der Waals surface area contributed by atoms with Crippen LogP contribution in [0.15, 0.2) is 30.3 Å². The number of aliphatic hydroxyl groups excluding tert-OH is 1. The first kappa shape index (κ1) is 18.8. The molecule has 0 saturated carbocycles. The van der Waals surface area contributed by atoms with Gasteiger partial charge in [0, 0.05) is 6.42 Å². The Kier molecular flexibility index (Phi) is 7.37. The van der Waals surface area contributed by atoms with E-state index in [1.807, 2.05) is 30.3 Å². The van der Waals surface area contributed by atoms with E-state index in [1.165, 1.54) is 13.8 Å². The molecule has 0 saturated heterocycles. The summed E-state index contributed by atoms with van der Waals surface area (Å²) in [6, 6.07) is 6.44. The molecule has 23 heavy (non-hydrogen) atoms. The van der Waals surface area contributed by atoms with Crippen molar-refractivity contribution < 1.29 is 19.5 Å². The third kappa shape index (κ3) is 6.17. The summed E-state index contributed by atoms with van der Waals surface area (Å²) in [5.41, 5.74) is 6.36. The maximum Gasteiger partial charge on any atom is 0.243 e. The number of nitrogens with two attached hydrogens (primary N) is 1. The first-order valence-electron chi connectivity index (χ1n) is 7.38. The molecule has 1 aromatic rings. The van der Waals surface area contributed by atoms with Gasteiger partial charge in [0.05, 0.1) is 12.1 Å². The van der Waals surface area contributed by atoms with Gasteiger partial charge >= 0.3 is 0 Å². The van der Waals surface area contributed by atoms with Gasteiger partial charge in [-0.15, -0.1) is 0 Å².